The molecule has 11 heterocycles. The van der Waals surface area contributed by atoms with E-state index in [1.165, 1.54) is 44.8 Å². The van der Waals surface area contributed by atoms with Crippen LogP contribution < -0.4 is 10.6 Å². The number of carbonyl (C=O) groups excluding carboxylic acids is 10. The van der Waals surface area contributed by atoms with Gasteiger partial charge in [0.15, 0.2) is 24.8 Å². The number of nitrogens with one attached hydrogen (secondary N) is 4. The number of rotatable bonds is 22. The highest BCUT2D eigenvalue weighted by atomic mass is 16.6. The van der Waals surface area contributed by atoms with E-state index in [4.69, 9.17) is 56.6 Å². The number of ether oxygens (including phenoxy) is 6. The first kappa shape index (κ1) is 95.0. The van der Waals surface area contributed by atoms with Gasteiger partial charge in [0.05, 0.1) is 62.0 Å². The lowest BCUT2D eigenvalue weighted by Gasteiger charge is -2.31. The van der Waals surface area contributed by atoms with Crippen molar-refractivity contribution in [1.82, 2.24) is 50.2 Å². The maximum absolute atomic E-state index is 13.6. The van der Waals surface area contributed by atoms with Crippen molar-refractivity contribution in [2.24, 2.45) is 27.7 Å². The van der Waals surface area contributed by atoms with E-state index >= 15 is 0 Å². The number of Topliss-reactive ketones (excluding diaryl/α,β-unsaturated/α-hetero) is 2. The van der Waals surface area contributed by atoms with E-state index < -0.39 is 66.0 Å². The molecule has 718 valence electrons. The van der Waals surface area contributed by atoms with Crippen LogP contribution in [-0.2, 0) is 47.6 Å². The highest BCUT2D eigenvalue weighted by Crippen LogP contribution is 2.43. The summed E-state index contributed by atoms with van der Waals surface area (Å²) in [7, 11) is 2.58. The number of aliphatic imine (C=N–C) groups is 2. The maximum Gasteiger partial charge on any atom is 0.411 e. The number of benzene rings is 6. The Hall–Kier alpha value is -13.7. The molecule has 8 aliphatic rings. The van der Waals surface area contributed by atoms with Gasteiger partial charge in [0.2, 0.25) is 11.8 Å². The number of imidazole rings is 2. The van der Waals surface area contributed by atoms with Crippen LogP contribution in [0.15, 0.2) is 157 Å². The second kappa shape index (κ2) is 40.3. The van der Waals surface area contributed by atoms with Gasteiger partial charge in [-0.15, -0.1) is 0 Å². The van der Waals surface area contributed by atoms with E-state index in [9.17, 15) is 47.9 Å². The topological polar surface area (TPSA) is 385 Å². The lowest BCUT2D eigenvalue weighted by Crippen LogP contribution is -2.53. The van der Waals surface area contributed by atoms with Crippen molar-refractivity contribution in [3.05, 3.63) is 168 Å². The first-order valence-corrected chi connectivity index (χ1v) is 48.0. The Bertz CT molecular complexity index is 6630. The molecule has 6 amide bonds. The molecule has 6 atom stereocenters. The number of amides is 6. The van der Waals surface area contributed by atoms with E-state index in [2.05, 4.69) is 80.2 Å². The van der Waals surface area contributed by atoms with Crippen LogP contribution in [-0.4, -0.2) is 206 Å². The molecule has 4 N–H and O–H groups in total. The van der Waals surface area contributed by atoms with Gasteiger partial charge in [-0.1, -0.05) is 89.8 Å². The van der Waals surface area contributed by atoms with Crippen molar-refractivity contribution in [3.8, 4) is 22.5 Å². The molecular weight excluding hydrogens is 1750 g/mol. The number of allylic oxidation sites excluding steroid dienone is 2. The molecule has 0 bridgehead atoms. The minimum atomic E-state index is -0.798. The Morgan fingerprint density at radius 3 is 1.26 bits per heavy atom. The molecule has 31 nitrogen and oxygen atoms in total. The van der Waals surface area contributed by atoms with Gasteiger partial charge in [-0.05, 0) is 225 Å². The second-order valence-electron chi connectivity index (χ2n) is 39.6. The van der Waals surface area contributed by atoms with Gasteiger partial charge in [0, 0.05) is 123 Å². The monoisotopic (exact) mass is 1860 g/mol. The first-order valence-electron chi connectivity index (χ1n) is 48.0. The Kier molecular flexibility index (Phi) is 27.9. The number of hydrogen-bond donors (Lipinski definition) is 4. The largest absolute Gasteiger partial charge is 0.457 e. The fourth-order valence-corrected chi connectivity index (χ4v) is 20.1. The molecule has 4 saturated heterocycles. The number of alkyl carbamates (subject to hydrolysis) is 2. The highest BCUT2D eigenvalue weighted by molar-refractivity contribution is 6.13. The van der Waals surface area contributed by atoms with E-state index in [1.54, 1.807) is 68.3 Å². The van der Waals surface area contributed by atoms with Crippen molar-refractivity contribution in [1.29, 1.82) is 0 Å². The maximum atomic E-state index is 13.6. The van der Waals surface area contributed by atoms with Crippen LogP contribution in [0.2, 0.25) is 0 Å². The number of esters is 2. The standard InChI is InChI=1S/C41H49N7O7.C33H36N4O3.C32H35NO9/c1-22(2)35(45-40(51)53-5)38(49)47-15-7-9-31(47)29-17-26(20-42-29)24-11-13-27-28-14-12-25(19-34(28)55-33(27)18-24)30-21-43-37(44-30)32-10-8-16-48(32)39(50)36(23(3)4)46-41(52)54-6;1-33(2,3)40-32(38)37-14-6-9-28(37)26-15-23(18-34-26)21-10-12-24-25-13-11-22(17-30(25)39-29(24)16-21)27-19-35-31(36-27)20-7-4-5-8-20;1-32(2,3)42-31(38)33-14-6-9-24(33)30(37)40-18-26(35)21-11-13-23-22-12-10-20(15-27(22)41-28(23)16-21)25(34)17-39-29(36)19-7-4-5-8-19/h11-14,18-23,31-32,35-36H,7-10,15-17H2,1-6H3,(H,43,44)(H,45,51)(H,46,52);10-13,16-20,28H,4-9,14-15H2,1-3H3,(H,35,36);10-13,15-16,19,24H,4-9,14,17-18H2,1-3H3/t31-,32-,35-,36-;28-;24-/m000/s1. The summed E-state index contributed by atoms with van der Waals surface area (Å²) in [6.45, 7) is 20.1. The fourth-order valence-electron chi connectivity index (χ4n) is 20.1. The summed E-state index contributed by atoms with van der Waals surface area (Å²) in [5.41, 5.74) is 13.7. The van der Waals surface area contributed by atoms with Gasteiger partial charge in [-0.25, -0.2) is 33.9 Å². The van der Waals surface area contributed by atoms with E-state index in [0.29, 0.717) is 79.5 Å². The van der Waals surface area contributed by atoms with Crippen LogP contribution in [0.4, 0.5) is 19.2 Å². The number of H-pyrrole nitrogens is 2. The number of nitrogens with zero attached hydrogens (tertiary/aromatic N) is 8. The number of methoxy groups -OCH3 is 2. The second-order valence-corrected chi connectivity index (χ2v) is 39.6. The van der Waals surface area contributed by atoms with Crippen LogP contribution in [0.25, 0.3) is 99.5 Å². The lowest BCUT2D eigenvalue weighted by atomic mass is 9.97. The molecule has 2 aliphatic carbocycles. The number of hydrogen-bond acceptors (Lipinski definition) is 23. The van der Waals surface area contributed by atoms with Gasteiger partial charge in [0.25, 0.3) is 0 Å². The van der Waals surface area contributed by atoms with E-state index in [-0.39, 0.29) is 72.1 Å². The van der Waals surface area contributed by atoms with E-state index in [1.807, 2.05) is 95.1 Å². The van der Waals surface area contributed by atoms with E-state index in [0.717, 1.165) is 187 Å². The first-order chi connectivity index (χ1) is 65.8. The molecule has 6 aliphatic heterocycles. The Morgan fingerprint density at radius 1 is 0.423 bits per heavy atom. The third kappa shape index (κ3) is 21.0. The molecule has 0 spiro atoms. The molecular formula is C106H120N12O19. The van der Waals surface area contributed by atoms with Crippen molar-refractivity contribution in [3.63, 3.8) is 0 Å². The van der Waals surface area contributed by atoms with Crippen LogP contribution in [0.5, 0.6) is 0 Å². The summed E-state index contributed by atoms with van der Waals surface area (Å²) in [5, 5.41) is 11.1. The van der Waals surface area contributed by atoms with Crippen molar-refractivity contribution >= 4 is 148 Å². The average Bonchev–Trinajstić information content (AvgIpc) is 1.62. The van der Waals surface area contributed by atoms with Gasteiger partial charge in [0.1, 0.15) is 74.5 Å². The molecule has 137 heavy (non-hydrogen) atoms. The molecule has 19 rings (SSSR count). The quantitative estimate of drug-likeness (QED) is 0.0278. The summed E-state index contributed by atoms with van der Waals surface area (Å²) in [6, 6.07) is 32.5. The number of likely N-dealkylation sites (tertiary alicyclic amines) is 4. The molecule has 6 aromatic carbocycles. The molecule has 31 heteroatoms. The average molecular weight is 1870 g/mol. The minimum absolute atomic E-state index is 0.00591. The highest BCUT2D eigenvalue weighted by Gasteiger charge is 2.43. The van der Waals surface area contributed by atoms with Gasteiger partial charge < -0.3 is 72.1 Å². The fraction of sp³-hybridized carbons (Fsp3) is 0.453. The normalized spacial score (nSPS) is 19.1. The van der Waals surface area contributed by atoms with Crippen LogP contribution in [0, 0.1) is 17.8 Å². The Labute approximate surface area is 793 Å². The smallest absolute Gasteiger partial charge is 0.411 e. The molecule has 5 aromatic heterocycles. The number of fused-ring (bicyclic) bond motifs is 9. The lowest BCUT2D eigenvalue weighted by molar-refractivity contribution is -0.148. The zero-order valence-corrected chi connectivity index (χ0v) is 79.8. The van der Waals surface area contributed by atoms with Gasteiger partial charge in [-0.3, -0.25) is 43.8 Å². The molecule has 0 unspecified atom stereocenters. The van der Waals surface area contributed by atoms with Gasteiger partial charge >= 0.3 is 36.3 Å². The van der Waals surface area contributed by atoms with Crippen molar-refractivity contribution < 1.29 is 89.6 Å². The molecule has 2 saturated carbocycles. The zero-order chi connectivity index (χ0) is 96.4. The Morgan fingerprint density at radius 2 is 0.796 bits per heavy atom. The molecule has 11 aromatic rings. The zero-order valence-electron chi connectivity index (χ0n) is 79.8. The third-order valence-corrected chi connectivity index (χ3v) is 27.2. The summed E-state index contributed by atoms with van der Waals surface area (Å²) in [6.07, 6.45) is 21.7. The molecule has 6 fully saturated rings. The number of aromatic nitrogens is 4. The summed E-state index contributed by atoms with van der Waals surface area (Å²) < 4.78 is 49.9. The van der Waals surface area contributed by atoms with Crippen molar-refractivity contribution in [2.75, 3.05) is 53.6 Å². The van der Waals surface area contributed by atoms with Crippen molar-refractivity contribution in [2.45, 2.75) is 238 Å². The predicted molar refractivity (Wildman–Crippen MR) is 519 cm³/mol. The SMILES string of the molecule is CC(C)(C)OC(=O)N1CCC[C@H]1C(=O)OCC(=O)c1ccc2c(c1)oc1cc(C(=O)COC(=O)C3CCCC3)ccc12.CC(C)(C)OC(=O)N1CCC[C@H]1C1=NC=C(c2ccc3c(c2)oc2cc(-c4cnc(C5CCCC5)[nH]4)ccc23)C1.COC(=O)N[C@H](C(=O)N1CCC[C@H]1C1=NC=C(c2ccc3c(c2)oc2cc(-c4cnc([C@@H]5CCCN5C(=O)[C@@H](NC(=O)OC)C(C)C)[nH]4)ccc23)C1)C(C)C. The number of ketones is 2. The number of carbonyl (C=O) groups is 10. The predicted octanol–water partition coefficient (Wildman–Crippen LogP) is 20.4. The number of aromatic amines is 2. The van der Waals surface area contributed by atoms with Crippen LogP contribution >= 0.6 is 0 Å². The van der Waals surface area contributed by atoms with Crippen LogP contribution in [0.3, 0.4) is 0 Å². The summed E-state index contributed by atoms with van der Waals surface area (Å²) in [5.74, 6) is 0.0451. The minimum Gasteiger partial charge on any atom is -0.457 e. The number of furan rings is 3. The third-order valence-electron chi connectivity index (χ3n) is 27.2. The summed E-state index contributed by atoms with van der Waals surface area (Å²) >= 11 is 0. The van der Waals surface area contributed by atoms with Crippen LogP contribution in [0.1, 0.15) is 240 Å². The summed E-state index contributed by atoms with van der Waals surface area (Å²) in [4.78, 5) is 160. The van der Waals surface area contributed by atoms with Gasteiger partial charge in [-0.2, -0.15) is 0 Å². The molecule has 0 radical (unpaired) electrons. The Balaban J connectivity index is 0.000000145.